The third-order valence-electron chi connectivity index (χ3n) is 4.02. The monoisotopic (exact) mass is 263 g/mol. The SMILES string of the molecule is CCC(C)(CC)N(C)C(=O)c1ccc(C(=O)O)cc1. The van der Waals surface area contributed by atoms with E-state index in [0.717, 1.165) is 12.8 Å². The van der Waals surface area contributed by atoms with Gasteiger partial charge in [-0.05, 0) is 44.0 Å². The topological polar surface area (TPSA) is 57.6 Å². The first-order valence-corrected chi connectivity index (χ1v) is 6.47. The van der Waals surface area contributed by atoms with Gasteiger partial charge in [0.15, 0.2) is 0 Å². The Kier molecular flexibility index (Phi) is 4.70. The standard InChI is InChI=1S/C15H21NO3/c1-5-15(3,6-2)16(4)13(17)11-7-9-12(10-8-11)14(18)19/h7-10H,5-6H2,1-4H3,(H,18,19). The first-order chi connectivity index (χ1) is 8.85. The molecule has 0 radical (unpaired) electrons. The van der Waals surface area contributed by atoms with E-state index < -0.39 is 5.97 Å². The first kappa shape index (κ1) is 15.2. The quantitative estimate of drug-likeness (QED) is 0.888. The van der Waals surface area contributed by atoms with E-state index in [9.17, 15) is 9.59 Å². The van der Waals surface area contributed by atoms with E-state index >= 15 is 0 Å². The molecule has 4 heteroatoms. The van der Waals surface area contributed by atoms with Crippen molar-refractivity contribution in [3.05, 3.63) is 35.4 Å². The molecule has 1 amide bonds. The van der Waals surface area contributed by atoms with Crippen molar-refractivity contribution in [3.8, 4) is 0 Å². The van der Waals surface area contributed by atoms with Gasteiger partial charge in [0.1, 0.15) is 0 Å². The zero-order valence-electron chi connectivity index (χ0n) is 11.9. The zero-order chi connectivity index (χ0) is 14.6. The van der Waals surface area contributed by atoms with Crippen LogP contribution in [0.15, 0.2) is 24.3 Å². The molecule has 0 bridgehead atoms. The number of carbonyl (C=O) groups excluding carboxylic acids is 1. The van der Waals surface area contributed by atoms with Crippen LogP contribution in [0.25, 0.3) is 0 Å². The van der Waals surface area contributed by atoms with Crippen molar-refractivity contribution < 1.29 is 14.7 Å². The van der Waals surface area contributed by atoms with Gasteiger partial charge in [-0.15, -0.1) is 0 Å². The molecule has 0 saturated heterocycles. The van der Waals surface area contributed by atoms with Gasteiger partial charge in [0.05, 0.1) is 5.56 Å². The van der Waals surface area contributed by atoms with Gasteiger partial charge in [-0.1, -0.05) is 13.8 Å². The van der Waals surface area contributed by atoms with E-state index in [4.69, 9.17) is 5.11 Å². The van der Waals surface area contributed by atoms with Crippen LogP contribution in [-0.2, 0) is 0 Å². The van der Waals surface area contributed by atoms with Crippen molar-refractivity contribution >= 4 is 11.9 Å². The molecule has 1 N–H and O–H groups in total. The molecular formula is C15H21NO3. The number of aromatic carboxylic acids is 1. The Hall–Kier alpha value is -1.84. The van der Waals surface area contributed by atoms with Gasteiger partial charge in [-0.3, -0.25) is 4.79 Å². The molecule has 0 fully saturated rings. The molecule has 0 aliphatic rings. The predicted octanol–water partition coefficient (Wildman–Crippen LogP) is 3.04. The van der Waals surface area contributed by atoms with Gasteiger partial charge in [-0.25, -0.2) is 4.79 Å². The Balaban J connectivity index is 2.97. The lowest BCUT2D eigenvalue weighted by Crippen LogP contribution is -2.46. The molecule has 0 aliphatic heterocycles. The molecular weight excluding hydrogens is 242 g/mol. The number of nitrogens with zero attached hydrogens (tertiary/aromatic N) is 1. The summed E-state index contributed by atoms with van der Waals surface area (Å²) in [6.07, 6.45) is 1.75. The second-order valence-electron chi connectivity index (χ2n) is 4.95. The van der Waals surface area contributed by atoms with Crippen molar-refractivity contribution in [1.82, 2.24) is 4.90 Å². The third-order valence-corrected chi connectivity index (χ3v) is 4.02. The van der Waals surface area contributed by atoms with Crippen LogP contribution in [-0.4, -0.2) is 34.5 Å². The maximum absolute atomic E-state index is 12.4. The number of carbonyl (C=O) groups is 2. The van der Waals surface area contributed by atoms with E-state index in [2.05, 4.69) is 20.8 Å². The molecule has 0 aliphatic carbocycles. The maximum atomic E-state index is 12.4. The lowest BCUT2D eigenvalue weighted by Gasteiger charge is -2.37. The van der Waals surface area contributed by atoms with Crippen molar-refractivity contribution in [2.75, 3.05) is 7.05 Å². The molecule has 4 nitrogen and oxygen atoms in total. The van der Waals surface area contributed by atoms with Crippen LogP contribution < -0.4 is 0 Å². The summed E-state index contributed by atoms with van der Waals surface area (Å²) in [5.41, 5.74) is 0.524. The molecule has 0 saturated carbocycles. The number of carboxylic acid groups (broad SMARTS) is 1. The molecule has 0 spiro atoms. The molecule has 1 rings (SSSR count). The highest BCUT2D eigenvalue weighted by Crippen LogP contribution is 2.23. The summed E-state index contributed by atoms with van der Waals surface area (Å²) in [5, 5.41) is 8.83. The second-order valence-corrected chi connectivity index (χ2v) is 4.95. The van der Waals surface area contributed by atoms with Crippen molar-refractivity contribution in [3.63, 3.8) is 0 Å². The van der Waals surface area contributed by atoms with Crippen LogP contribution in [0, 0.1) is 0 Å². The van der Waals surface area contributed by atoms with Crippen molar-refractivity contribution in [1.29, 1.82) is 0 Å². The number of benzene rings is 1. The van der Waals surface area contributed by atoms with E-state index in [0.29, 0.717) is 5.56 Å². The van der Waals surface area contributed by atoms with E-state index in [-0.39, 0.29) is 17.0 Å². The Bertz CT molecular complexity index is 461. The summed E-state index contributed by atoms with van der Waals surface area (Å²) in [5.74, 6) is -1.07. The minimum atomic E-state index is -0.987. The Morgan fingerprint density at radius 2 is 1.53 bits per heavy atom. The highest BCUT2D eigenvalue weighted by Gasteiger charge is 2.29. The number of hydrogen-bond acceptors (Lipinski definition) is 2. The van der Waals surface area contributed by atoms with Crippen LogP contribution in [0.1, 0.15) is 54.3 Å². The number of hydrogen-bond donors (Lipinski definition) is 1. The highest BCUT2D eigenvalue weighted by atomic mass is 16.4. The average Bonchev–Trinajstić information content (AvgIpc) is 2.44. The third kappa shape index (κ3) is 3.13. The second kappa shape index (κ2) is 5.87. The molecule has 0 unspecified atom stereocenters. The van der Waals surface area contributed by atoms with Crippen LogP contribution in [0.2, 0.25) is 0 Å². The molecule has 19 heavy (non-hydrogen) atoms. The molecule has 1 aromatic rings. The lowest BCUT2D eigenvalue weighted by molar-refractivity contribution is 0.0574. The minimum Gasteiger partial charge on any atom is -0.478 e. The number of rotatable bonds is 5. The summed E-state index contributed by atoms with van der Waals surface area (Å²) >= 11 is 0. The van der Waals surface area contributed by atoms with E-state index in [1.54, 1.807) is 24.1 Å². The lowest BCUT2D eigenvalue weighted by atomic mass is 9.93. The normalized spacial score (nSPS) is 11.2. The van der Waals surface area contributed by atoms with Gasteiger partial charge >= 0.3 is 5.97 Å². The fourth-order valence-corrected chi connectivity index (χ4v) is 1.92. The van der Waals surface area contributed by atoms with Crippen molar-refractivity contribution in [2.45, 2.75) is 39.2 Å². The minimum absolute atomic E-state index is 0.0804. The first-order valence-electron chi connectivity index (χ1n) is 6.47. The Morgan fingerprint density at radius 3 is 1.89 bits per heavy atom. The summed E-state index contributed by atoms with van der Waals surface area (Å²) in [6, 6.07) is 6.04. The van der Waals surface area contributed by atoms with Gasteiger partial charge in [0.25, 0.3) is 5.91 Å². The number of carboxylic acids is 1. The molecule has 0 atom stereocenters. The molecule has 1 aromatic carbocycles. The fourth-order valence-electron chi connectivity index (χ4n) is 1.92. The van der Waals surface area contributed by atoms with Gasteiger partial charge < -0.3 is 10.0 Å². The summed E-state index contributed by atoms with van der Waals surface area (Å²) in [6.45, 7) is 6.16. The summed E-state index contributed by atoms with van der Waals surface area (Å²) < 4.78 is 0. The van der Waals surface area contributed by atoms with Crippen molar-refractivity contribution in [2.24, 2.45) is 0 Å². The predicted molar refractivity (Wildman–Crippen MR) is 74.5 cm³/mol. The molecule has 0 aromatic heterocycles. The van der Waals surface area contributed by atoms with Gasteiger partial charge in [-0.2, -0.15) is 0 Å². The van der Waals surface area contributed by atoms with Crippen LogP contribution in [0.4, 0.5) is 0 Å². The largest absolute Gasteiger partial charge is 0.478 e. The Morgan fingerprint density at radius 1 is 1.11 bits per heavy atom. The van der Waals surface area contributed by atoms with E-state index in [1.165, 1.54) is 12.1 Å². The Labute approximate surface area is 114 Å². The molecule has 0 heterocycles. The molecule has 104 valence electrons. The van der Waals surface area contributed by atoms with Gasteiger partial charge in [0, 0.05) is 18.2 Å². The maximum Gasteiger partial charge on any atom is 0.335 e. The van der Waals surface area contributed by atoms with E-state index in [1.807, 2.05) is 0 Å². The smallest absolute Gasteiger partial charge is 0.335 e. The van der Waals surface area contributed by atoms with Gasteiger partial charge in [0.2, 0.25) is 0 Å². The average molecular weight is 263 g/mol. The summed E-state index contributed by atoms with van der Waals surface area (Å²) in [7, 11) is 1.79. The fraction of sp³-hybridized carbons (Fsp3) is 0.467. The van der Waals surface area contributed by atoms with Crippen LogP contribution in [0.5, 0.6) is 0 Å². The van der Waals surface area contributed by atoms with Crippen LogP contribution >= 0.6 is 0 Å². The summed E-state index contributed by atoms with van der Waals surface area (Å²) in [4.78, 5) is 24.9. The van der Waals surface area contributed by atoms with Crippen LogP contribution in [0.3, 0.4) is 0 Å². The highest BCUT2D eigenvalue weighted by molar-refractivity contribution is 5.96. The number of amides is 1. The zero-order valence-corrected chi connectivity index (χ0v) is 11.9.